The van der Waals surface area contributed by atoms with Crippen molar-refractivity contribution in [3.8, 4) is 11.3 Å². The normalized spacial score (nSPS) is 11.6. The molecule has 0 aliphatic carbocycles. The van der Waals surface area contributed by atoms with E-state index in [-0.39, 0.29) is 5.69 Å². The Balaban J connectivity index is 2.35. The molecule has 102 valence electrons. The molecule has 2 aromatic rings. The monoisotopic (exact) mass is 264 g/mol. The molecular formula is C12H16N4O3. The summed E-state index contributed by atoms with van der Waals surface area (Å²) in [4.78, 5) is 12.0. The van der Waals surface area contributed by atoms with E-state index in [4.69, 9.17) is 9.26 Å². The topological polar surface area (TPSA) is 93.9 Å². The van der Waals surface area contributed by atoms with E-state index >= 15 is 0 Å². The minimum absolute atomic E-state index is 0.132. The van der Waals surface area contributed by atoms with Crippen molar-refractivity contribution in [1.29, 1.82) is 0 Å². The number of carbonyl (C=O) groups excluding carboxylic acids is 1. The van der Waals surface area contributed by atoms with Crippen LogP contribution in [0.25, 0.3) is 11.3 Å². The first-order chi connectivity index (χ1) is 8.92. The fraction of sp³-hybridized carbons (Fsp3) is 0.500. The number of nitrogens with one attached hydrogen (secondary N) is 1. The molecular weight excluding hydrogens is 248 g/mol. The van der Waals surface area contributed by atoms with Crippen molar-refractivity contribution in [3.05, 3.63) is 17.7 Å². The Kier molecular flexibility index (Phi) is 3.37. The molecule has 19 heavy (non-hydrogen) atoms. The van der Waals surface area contributed by atoms with E-state index in [1.165, 1.54) is 6.26 Å². The lowest BCUT2D eigenvalue weighted by atomic mass is 10.1. The molecule has 0 aromatic carbocycles. The summed E-state index contributed by atoms with van der Waals surface area (Å²) in [6, 6.07) is 0. The molecule has 0 spiro atoms. The van der Waals surface area contributed by atoms with Gasteiger partial charge in [0, 0.05) is 0 Å². The molecule has 1 N–H and O–H groups in total. The van der Waals surface area contributed by atoms with Gasteiger partial charge in [0.25, 0.3) is 0 Å². The summed E-state index contributed by atoms with van der Waals surface area (Å²) < 4.78 is 10.2. The van der Waals surface area contributed by atoms with Crippen molar-refractivity contribution in [2.24, 2.45) is 0 Å². The highest BCUT2D eigenvalue weighted by atomic mass is 16.6. The van der Waals surface area contributed by atoms with Crippen molar-refractivity contribution >= 4 is 5.97 Å². The van der Waals surface area contributed by atoms with Gasteiger partial charge in [0.1, 0.15) is 17.6 Å². The molecule has 0 fully saturated rings. The van der Waals surface area contributed by atoms with Crippen molar-refractivity contribution in [1.82, 2.24) is 20.6 Å². The lowest BCUT2D eigenvalue weighted by Crippen LogP contribution is -2.24. The number of hydrogen-bond acceptors (Lipinski definition) is 6. The number of hydrogen-bond donors (Lipinski definition) is 1. The van der Waals surface area contributed by atoms with Crippen LogP contribution >= 0.6 is 0 Å². The second kappa shape index (κ2) is 4.83. The Hall–Kier alpha value is -2.18. The Morgan fingerprint density at radius 1 is 1.42 bits per heavy atom. The van der Waals surface area contributed by atoms with E-state index in [9.17, 15) is 4.79 Å². The van der Waals surface area contributed by atoms with Crippen LogP contribution in [0.3, 0.4) is 0 Å². The molecule has 2 heterocycles. The number of aryl methyl sites for hydroxylation is 1. The molecule has 0 unspecified atom stereocenters. The van der Waals surface area contributed by atoms with Crippen molar-refractivity contribution in [2.45, 2.75) is 39.7 Å². The van der Waals surface area contributed by atoms with Crippen LogP contribution in [-0.2, 0) is 11.2 Å². The van der Waals surface area contributed by atoms with Gasteiger partial charge in [-0.3, -0.25) is 0 Å². The van der Waals surface area contributed by atoms with E-state index < -0.39 is 11.6 Å². The quantitative estimate of drug-likeness (QED) is 0.852. The number of rotatable bonds is 3. The van der Waals surface area contributed by atoms with Gasteiger partial charge < -0.3 is 9.26 Å². The van der Waals surface area contributed by atoms with Crippen LogP contribution in [0.4, 0.5) is 0 Å². The second-order valence-electron chi connectivity index (χ2n) is 5.05. The van der Waals surface area contributed by atoms with Crippen LogP contribution in [0.1, 0.15) is 43.9 Å². The fourth-order valence-corrected chi connectivity index (χ4v) is 1.59. The van der Waals surface area contributed by atoms with Crippen LogP contribution in [0.15, 0.2) is 10.8 Å². The van der Waals surface area contributed by atoms with Gasteiger partial charge in [0.05, 0.1) is 11.3 Å². The molecule has 0 amide bonds. The van der Waals surface area contributed by atoms with E-state index in [1.54, 1.807) is 20.8 Å². The van der Waals surface area contributed by atoms with Crippen LogP contribution < -0.4 is 0 Å². The number of carbonyl (C=O) groups is 1. The average molecular weight is 264 g/mol. The highest BCUT2D eigenvalue weighted by Gasteiger charge is 2.26. The zero-order valence-electron chi connectivity index (χ0n) is 11.4. The summed E-state index contributed by atoms with van der Waals surface area (Å²) in [5.74, 6) is -0.528. The molecule has 0 saturated heterocycles. The van der Waals surface area contributed by atoms with Gasteiger partial charge in [-0.05, 0) is 27.2 Å². The van der Waals surface area contributed by atoms with Gasteiger partial charge in [-0.15, -0.1) is 5.10 Å². The van der Waals surface area contributed by atoms with Gasteiger partial charge in [-0.25, -0.2) is 4.79 Å². The summed E-state index contributed by atoms with van der Waals surface area (Å²) in [5.41, 5.74) is 1.31. The third-order valence-corrected chi connectivity index (χ3v) is 2.37. The minimum Gasteiger partial charge on any atom is -0.455 e. The summed E-state index contributed by atoms with van der Waals surface area (Å²) in [7, 11) is 0. The minimum atomic E-state index is -0.588. The van der Waals surface area contributed by atoms with Gasteiger partial charge in [-0.2, -0.15) is 10.3 Å². The molecule has 0 aliphatic heterocycles. The SMILES string of the molecule is CCc1nocc1-c1n[nH]nc1C(=O)OC(C)(C)C. The predicted octanol–water partition coefficient (Wildman–Crippen LogP) is 1.98. The van der Waals surface area contributed by atoms with Crippen LogP contribution in [-0.4, -0.2) is 32.1 Å². The number of aromatic nitrogens is 4. The van der Waals surface area contributed by atoms with Gasteiger partial charge in [0.15, 0.2) is 5.69 Å². The van der Waals surface area contributed by atoms with E-state index in [1.807, 2.05) is 6.92 Å². The third-order valence-electron chi connectivity index (χ3n) is 2.37. The lowest BCUT2D eigenvalue weighted by molar-refractivity contribution is 0.00637. The molecule has 0 aliphatic rings. The molecule has 2 aromatic heterocycles. The zero-order chi connectivity index (χ0) is 14.0. The van der Waals surface area contributed by atoms with E-state index in [0.29, 0.717) is 17.7 Å². The number of H-pyrrole nitrogens is 1. The van der Waals surface area contributed by atoms with Crippen molar-refractivity contribution in [2.75, 3.05) is 0 Å². The number of esters is 1. The number of aromatic amines is 1. The maximum absolute atomic E-state index is 12.0. The highest BCUT2D eigenvalue weighted by Crippen LogP contribution is 2.25. The number of ether oxygens (including phenoxy) is 1. The largest absolute Gasteiger partial charge is 0.455 e. The van der Waals surface area contributed by atoms with Gasteiger partial charge in [0.2, 0.25) is 0 Å². The molecule has 0 saturated carbocycles. The van der Waals surface area contributed by atoms with E-state index in [2.05, 4.69) is 20.6 Å². The first-order valence-corrected chi connectivity index (χ1v) is 6.00. The molecule has 7 heteroatoms. The van der Waals surface area contributed by atoms with Crippen molar-refractivity contribution in [3.63, 3.8) is 0 Å². The van der Waals surface area contributed by atoms with Crippen molar-refractivity contribution < 1.29 is 14.1 Å². The molecule has 0 bridgehead atoms. The smallest absolute Gasteiger partial charge is 0.361 e. The molecule has 2 rings (SSSR count). The first kappa shape index (κ1) is 13.3. The molecule has 0 radical (unpaired) electrons. The first-order valence-electron chi connectivity index (χ1n) is 6.00. The summed E-state index contributed by atoms with van der Waals surface area (Å²) >= 11 is 0. The van der Waals surface area contributed by atoms with Crippen LogP contribution in [0.2, 0.25) is 0 Å². The summed E-state index contributed by atoms with van der Waals surface area (Å²) in [6.45, 7) is 7.32. The molecule has 0 atom stereocenters. The zero-order valence-corrected chi connectivity index (χ0v) is 11.4. The highest BCUT2D eigenvalue weighted by molar-refractivity contribution is 5.94. The standard InChI is InChI=1S/C12H16N4O3/c1-5-8-7(6-18-15-8)9-10(14-16-13-9)11(17)19-12(2,3)4/h6H,5H2,1-4H3,(H,13,14,16). The Morgan fingerprint density at radius 2 is 2.16 bits per heavy atom. The van der Waals surface area contributed by atoms with Gasteiger partial charge in [-0.1, -0.05) is 12.1 Å². The Labute approximate surface area is 110 Å². The van der Waals surface area contributed by atoms with E-state index in [0.717, 1.165) is 5.69 Å². The lowest BCUT2D eigenvalue weighted by Gasteiger charge is -2.18. The summed E-state index contributed by atoms with van der Waals surface area (Å²) in [6.07, 6.45) is 2.12. The maximum Gasteiger partial charge on any atom is 0.361 e. The van der Waals surface area contributed by atoms with Crippen LogP contribution in [0, 0.1) is 0 Å². The number of nitrogens with zero attached hydrogens (tertiary/aromatic N) is 3. The average Bonchev–Trinajstić information content (AvgIpc) is 2.94. The summed E-state index contributed by atoms with van der Waals surface area (Å²) in [5, 5.41) is 14.1. The fourth-order valence-electron chi connectivity index (χ4n) is 1.59. The van der Waals surface area contributed by atoms with Crippen LogP contribution in [0.5, 0.6) is 0 Å². The Bertz CT molecular complexity index is 580. The maximum atomic E-state index is 12.0. The third kappa shape index (κ3) is 2.81. The predicted molar refractivity (Wildman–Crippen MR) is 66.4 cm³/mol. The second-order valence-corrected chi connectivity index (χ2v) is 5.05. The Morgan fingerprint density at radius 3 is 2.79 bits per heavy atom. The van der Waals surface area contributed by atoms with Gasteiger partial charge >= 0.3 is 5.97 Å². The molecule has 7 nitrogen and oxygen atoms in total.